The van der Waals surface area contributed by atoms with E-state index in [9.17, 15) is 0 Å². The SMILES string of the molecule is CO[C@H]1O[C@H](CO[Si](OC(C)(C)C)(c2ccccc2)c2ccccc2)[C@@H](OCc2ccccc2)[C@H](OCc2ccccc2)[C@H]1OCc1ccccc1. The lowest BCUT2D eigenvalue weighted by molar-refractivity contribution is -0.321. The number of methoxy groups -OCH3 is 1. The van der Waals surface area contributed by atoms with E-state index in [1.165, 1.54) is 0 Å². The van der Waals surface area contributed by atoms with Crippen LogP contribution in [0.5, 0.6) is 0 Å². The molecule has 6 rings (SSSR count). The molecule has 1 saturated heterocycles. The van der Waals surface area contributed by atoms with Crippen molar-refractivity contribution in [2.24, 2.45) is 0 Å². The molecule has 5 aromatic rings. The van der Waals surface area contributed by atoms with E-state index < -0.39 is 44.9 Å². The Morgan fingerprint density at radius 1 is 0.519 bits per heavy atom. The van der Waals surface area contributed by atoms with Gasteiger partial charge in [-0.05, 0) is 47.8 Å². The lowest BCUT2D eigenvalue weighted by Crippen LogP contribution is -2.68. The Hall–Kier alpha value is -3.96. The van der Waals surface area contributed by atoms with Crippen molar-refractivity contribution < 1.29 is 32.5 Å². The monoisotopic (exact) mass is 718 g/mol. The molecule has 0 aliphatic carbocycles. The second-order valence-electron chi connectivity index (χ2n) is 13.9. The Balaban J connectivity index is 1.38. The molecular weight excluding hydrogens is 669 g/mol. The molecule has 0 radical (unpaired) electrons. The maximum Gasteiger partial charge on any atom is 0.407 e. The van der Waals surface area contributed by atoms with Crippen LogP contribution in [-0.4, -0.2) is 58.6 Å². The van der Waals surface area contributed by atoms with Crippen LogP contribution in [0.3, 0.4) is 0 Å². The minimum atomic E-state index is -3.33. The van der Waals surface area contributed by atoms with Crippen LogP contribution in [-0.2, 0) is 52.4 Å². The topological polar surface area (TPSA) is 64.6 Å². The third-order valence-corrected chi connectivity index (χ3v) is 12.5. The van der Waals surface area contributed by atoms with Gasteiger partial charge in [-0.25, -0.2) is 0 Å². The molecule has 5 atom stereocenters. The molecule has 0 bridgehead atoms. The summed E-state index contributed by atoms with van der Waals surface area (Å²) in [4.78, 5) is 0. The van der Waals surface area contributed by atoms with Crippen molar-refractivity contribution in [3.8, 4) is 0 Å². The molecule has 1 aliphatic rings. The third kappa shape index (κ3) is 9.92. The highest BCUT2D eigenvalue weighted by molar-refractivity contribution is 6.92. The average molecular weight is 719 g/mol. The van der Waals surface area contributed by atoms with Crippen LogP contribution in [0.4, 0.5) is 0 Å². The van der Waals surface area contributed by atoms with Gasteiger partial charge in [0.15, 0.2) is 6.29 Å². The van der Waals surface area contributed by atoms with E-state index in [-0.39, 0.29) is 6.61 Å². The molecule has 272 valence electrons. The maximum absolute atomic E-state index is 7.23. The first kappa shape index (κ1) is 37.8. The van der Waals surface area contributed by atoms with E-state index in [2.05, 4.69) is 69.3 Å². The van der Waals surface area contributed by atoms with Gasteiger partial charge < -0.3 is 32.5 Å². The average Bonchev–Trinajstić information content (AvgIpc) is 3.18. The molecule has 0 spiro atoms. The van der Waals surface area contributed by atoms with Gasteiger partial charge in [-0.2, -0.15) is 0 Å². The van der Waals surface area contributed by atoms with E-state index in [0.29, 0.717) is 19.8 Å². The van der Waals surface area contributed by atoms with Crippen molar-refractivity contribution in [1.29, 1.82) is 0 Å². The normalized spacial score (nSPS) is 20.8. The van der Waals surface area contributed by atoms with Gasteiger partial charge in [-0.1, -0.05) is 152 Å². The van der Waals surface area contributed by atoms with Crippen molar-refractivity contribution in [3.05, 3.63) is 168 Å². The van der Waals surface area contributed by atoms with E-state index in [1.54, 1.807) is 7.11 Å². The Morgan fingerprint density at radius 3 is 1.31 bits per heavy atom. The van der Waals surface area contributed by atoms with Gasteiger partial charge in [-0.3, -0.25) is 0 Å². The predicted octanol–water partition coefficient (Wildman–Crippen LogP) is 7.20. The Morgan fingerprint density at radius 2 is 0.904 bits per heavy atom. The molecular formula is C44H50O7Si. The fraction of sp³-hybridized carbons (Fsp3) is 0.318. The molecule has 5 aromatic carbocycles. The molecule has 1 aliphatic heterocycles. The smallest absolute Gasteiger partial charge is 0.385 e. The van der Waals surface area contributed by atoms with Crippen LogP contribution in [0.25, 0.3) is 0 Å². The summed E-state index contributed by atoms with van der Waals surface area (Å²) in [5.41, 5.74) is 2.60. The van der Waals surface area contributed by atoms with E-state index in [0.717, 1.165) is 27.1 Å². The molecule has 1 heterocycles. The number of ether oxygens (including phenoxy) is 5. The van der Waals surface area contributed by atoms with Crippen molar-refractivity contribution in [1.82, 2.24) is 0 Å². The van der Waals surface area contributed by atoms with Gasteiger partial charge in [0.2, 0.25) is 0 Å². The molecule has 1 fully saturated rings. The Labute approximate surface area is 309 Å². The predicted molar refractivity (Wildman–Crippen MR) is 205 cm³/mol. The van der Waals surface area contributed by atoms with Crippen LogP contribution in [0.15, 0.2) is 152 Å². The molecule has 8 heteroatoms. The van der Waals surface area contributed by atoms with E-state index in [1.807, 2.05) is 103 Å². The van der Waals surface area contributed by atoms with Crippen LogP contribution in [0, 0.1) is 0 Å². The summed E-state index contributed by atoms with van der Waals surface area (Å²) in [5, 5.41) is 2.00. The Kier molecular flexibility index (Phi) is 13.2. The molecule has 0 amide bonds. The number of rotatable bonds is 16. The Bertz CT molecular complexity index is 1700. The van der Waals surface area contributed by atoms with E-state index in [4.69, 9.17) is 32.5 Å². The van der Waals surface area contributed by atoms with Gasteiger partial charge >= 0.3 is 8.56 Å². The van der Waals surface area contributed by atoms with Crippen molar-refractivity contribution in [2.75, 3.05) is 13.7 Å². The van der Waals surface area contributed by atoms with Crippen LogP contribution in [0.2, 0.25) is 0 Å². The first-order valence-corrected chi connectivity index (χ1v) is 19.8. The maximum atomic E-state index is 7.23. The summed E-state index contributed by atoms with van der Waals surface area (Å²) in [6.07, 6.45) is -3.14. The first-order valence-electron chi connectivity index (χ1n) is 17.9. The van der Waals surface area contributed by atoms with Crippen LogP contribution in [0.1, 0.15) is 37.5 Å². The number of hydrogen-bond donors (Lipinski definition) is 0. The summed E-state index contributed by atoms with van der Waals surface area (Å²) >= 11 is 0. The van der Waals surface area contributed by atoms with Gasteiger partial charge in [0.05, 0.1) is 32.0 Å². The summed E-state index contributed by atoms with van der Waals surface area (Å²) < 4.78 is 47.5. The largest absolute Gasteiger partial charge is 0.407 e. The zero-order valence-electron chi connectivity index (χ0n) is 30.5. The van der Waals surface area contributed by atoms with Gasteiger partial charge in [0, 0.05) is 7.11 Å². The molecule has 0 unspecified atom stereocenters. The second kappa shape index (κ2) is 18.2. The summed E-state index contributed by atoms with van der Waals surface area (Å²) in [5.74, 6) is 0. The van der Waals surface area contributed by atoms with Crippen molar-refractivity contribution >= 4 is 18.9 Å². The highest BCUT2D eigenvalue weighted by Crippen LogP contribution is 2.32. The highest BCUT2D eigenvalue weighted by Gasteiger charge is 2.52. The molecule has 7 nitrogen and oxygen atoms in total. The molecule has 0 saturated carbocycles. The first-order chi connectivity index (χ1) is 25.3. The van der Waals surface area contributed by atoms with Crippen molar-refractivity contribution in [3.63, 3.8) is 0 Å². The summed E-state index contributed by atoms with van der Waals surface area (Å²) in [6.45, 7) is 7.40. The number of hydrogen-bond acceptors (Lipinski definition) is 7. The molecule has 52 heavy (non-hydrogen) atoms. The van der Waals surface area contributed by atoms with Gasteiger partial charge in [-0.15, -0.1) is 0 Å². The van der Waals surface area contributed by atoms with Gasteiger partial charge in [0.1, 0.15) is 24.4 Å². The summed E-state index contributed by atoms with van der Waals surface area (Å²) in [6, 6.07) is 50.8. The van der Waals surface area contributed by atoms with Gasteiger partial charge in [0.25, 0.3) is 0 Å². The minimum absolute atomic E-state index is 0.155. The van der Waals surface area contributed by atoms with E-state index >= 15 is 0 Å². The standard InChI is InChI=1S/C44H50O7Si/c1-44(2,3)51-52(37-26-16-8-17-27-37,38-28-18-9-19-29-38)49-33-39-40(46-30-34-20-10-5-11-21-34)41(47-31-35-22-12-6-13-23-35)42(43(45-4)50-39)48-32-36-24-14-7-15-25-36/h5-29,39-43H,30-33H2,1-4H3/t39-,40-,41+,42-,43+/m1/s1. The quantitative estimate of drug-likeness (QED) is 0.100. The highest BCUT2D eigenvalue weighted by atomic mass is 28.4. The van der Waals surface area contributed by atoms with Crippen LogP contribution < -0.4 is 10.4 Å². The summed E-state index contributed by atoms with van der Waals surface area (Å²) in [7, 11) is -1.70. The lowest BCUT2D eigenvalue weighted by Gasteiger charge is -2.46. The zero-order chi connectivity index (χ0) is 36.2. The van der Waals surface area contributed by atoms with Crippen LogP contribution >= 0.6 is 0 Å². The fourth-order valence-corrected chi connectivity index (χ4v) is 9.98. The molecule has 0 aromatic heterocycles. The fourth-order valence-electron chi connectivity index (χ4n) is 6.50. The van der Waals surface area contributed by atoms with Crippen molar-refractivity contribution in [2.45, 2.75) is 76.9 Å². The number of benzene rings is 5. The third-order valence-electron chi connectivity index (χ3n) is 8.89. The lowest BCUT2D eigenvalue weighted by atomic mass is 9.98. The minimum Gasteiger partial charge on any atom is -0.385 e. The second-order valence-corrected chi connectivity index (χ2v) is 16.8. The zero-order valence-corrected chi connectivity index (χ0v) is 31.5. The molecule has 0 N–H and O–H groups in total.